The van der Waals surface area contributed by atoms with E-state index < -0.39 is 0 Å². The summed E-state index contributed by atoms with van der Waals surface area (Å²) in [5.74, 6) is 1.08. The topological polar surface area (TPSA) is 94.3 Å². The number of nitriles is 1. The van der Waals surface area contributed by atoms with Gasteiger partial charge in [-0.3, -0.25) is 0 Å². The molecule has 2 rings (SSSR count). The molecule has 0 atom stereocenters. The monoisotopic (exact) mass is 217 g/mol. The fourth-order valence-corrected chi connectivity index (χ4v) is 1.67. The molecule has 0 saturated heterocycles. The zero-order valence-electron chi connectivity index (χ0n) is 8.78. The van der Waals surface area contributed by atoms with Crippen LogP contribution in [0.25, 0.3) is 0 Å². The quantitative estimate of drug-likeness (QED) is 0.675. The zero-order valence-corrected chi connectivity index (χ0v) is 8.78. The van der Waals surface area contributed by atoms with Crippen molar-refractivity contribution in [3.05, 3.63) is 46.4 Å². The lowest BCUT2D eigenvalue weighted by Crippen LogP contribution is -2.22. The van der Waals surface area contributed by atoms with Crippen LogP contribution in [0.1, 0.15) is 6.42 Å². The maximum Gasteiger partial charge on any atom is 0.211 e. The Labute approximate surface area is 92.9 Å². The van der Waals surface area contributed by atoms with E-state index in [1.807, 2.05) is 12.1 Å². The maximum atomic E-state index is 8.90. The first-order valence-corrected chi connectivity index (χ1v) is 4.71. The fourth-order valence-electron chi connectivity index (χ4n) is 1.67. The molecule has 1 heterocycles. The van der Waals surface area contributed by atoms with Gasteiger partial charge in [0.25, 0.3) is 0 Å². The van der Waals surface area contributed by atoms with Gasteiger partial charge in [0.2, 0.25) is 5.88 Å². The Bertz CT molecular complexity index is 504. The van der Waals surface area contributed by atoms with E-state index in [9.17, 15) is 0 Å². The Morgan fingerprint density at radius 3 is 2.88 bits per heavy atom. The Morgan fingerprint density at radius 2 is 2.25 bits per heavy atom. The third-order valence-corrected chi connectivity index (χ3v) is 2.47. The second-order valence-electron chi connectivity index (χ2n) is 3.35. The maximum absolute atomic E-state index is 8.90. The van der Waals surface area contributed by atoms with Crippen LogP contribution < -0.4 is 11.5 Å². The van der Waals surface area contributed by atoms with Crippen LogP contribution >= 0.6 is 0 Å². The highest BCUT2D eigenvalue weighted by Gasteiger charge is 2.27. The largest absolute Gasteiger partial charge is 0.493 e. The predicted octanol–water partition coefficient (Wildman–Crippen LogP) is 0.741. The summed E-state index contributed by atoms with van der Waals surface area (Å²) in [5.41, 5.74) is 12.8. The highest BCUT2D eigenvalue weighted by atomic mass is 16.5. The molecule has 1 aliphatic heterocycles. The second-order valence-corrected chi connectivity index (χ2v) is 3.35. The standard InChI is InChI=1S/C11H11N3O2/c1-15-8-4-2-3-6-9(13)7(5-12)11(14)16-10(6)8/h2,4H,3,13-14H2,1H3. The Balaban J connectivity index is 2.59. The minimum Gasteiger partial charge on any atom is -0.493 e. The van der Waals surface area contributed by atoms with E-state index in [-0.39, 0.29) is 11.5 Å². The van der Waals surface area contributed by atoms with Crippen LogP contribution in [-0.4, -0.2) is 7.11 Å². The highest BCUT2D eigenvalue weighted by Crippen LogP contribution is 2.34. The molecule has 5 nitrogen and oxygen atoms in total. The summed E-state index contributed by atoms with van der Waals surface area (Å²) in [6.07, 6.45) is 4.29. The third kappa shape index (κ3) is 1.32. The number of nitrogens with zero attached hydrogens (tertiary/aromatic N) is 1. The molecule has 0 spiro atoms. The number of hydrogen-bond donors (Lipinski definition) is 2. The van der Waals surface area contributed by atoms with Crippen molar-refractivity contribution in [1.29, 1.82) is 5.26 Å². The number of rotatable bonds is 1. The van der Waals surface area contributed by atoms with Gasteiger partial charge < -0.3 is 20.9 Å². The van der Waals surface area contributed by atoms with Gasteiger partial charge in [0.05, 0.1) is 12.8 Å². The van der Waals surface area contributed by atoms with Gasteiger partial charge in [-0.1, -0.05) is 6.08 Å². The summed E-state index contributed by atoms with van der Waals surface area (Å²) < 4.78 is 10.5. The summed E-state index contributed by atoms with van der Waals surface area (Å²) >= 11 is 0. The molecule has 0 fully saturated rings. The third-order valence-electron chi connectivity index (χ3n) is 2.47. The number of nitrogens with two attached hydrogens (primary N) is 2. The minimum absolute atomic E-state index is 0.0172. The van der Waals surface area contributed by atoms with Gasteiger partial charge in [-0.05, 0) is 12.5 Å². The smallest absolute Gasteiger partial charge is 0.211 e. The van der Waals surface area contributed by atoms with Crippen LogP contribution in [0.3, 0.4) is 0 Å². The first kappa shape index (κ1) is 10.2. The average Bonchev–Trinajstić information content (AvgIpc) is 2.29. The highest BCUT2D eigenvalue weighted by molar-refractivity contribution is 5.55. The van der Waals surface area contributed by atoms with E-state index in [4.69, 9.17) is 26.2 Å². The molecule has 0 aromatic heterocycles. The number of ether oxygens (including phenoxy) is 2. The van der Waals surface area contributed by atoms with E-state index in [0.717, 1.165) is 5.57 Å². The molecule has 0 saturated carbocycles. The predicted molar refractivity (Wildman–Crippen MR) is 56.9 cm³/mol. The van der Waals surface area contributed by atoms with E-state index in [2.05, 4.69) is 0 Å². The van der Waals surface area contributed by atoms with Gasteiger partial charge in [-0.25, -0.2) is 0 Å². The van der Waals surface area contributed by atoms with E-state index in [0.29, 0.717) is 23.6 Å². The number of methoxy groups -OCH3 is 1. The van der Waals surface area contributed by atoms with E-state index >= 15 is 0 Å². The molecule has 0 unspecified atom stereocenters. The van der Waals surface area contributed by atoms with Crippen LogP contribution in [0.15, 0.2) is 46.4 Å². The normalized spacial score (nSPS) is 19.2. The van der Waals surface area contributed by atoms with Crippen molar-refractivity contribution in [3.63, 3.8) is 0 Å². The van der Waals surface area contributed by atoms with Gasteiger partial charge in [0.1, 0.15) is 11.6 Å². The first-order chi connectivity index (χ1) is 7.69. The lowest BCUT2D eigenvalue weighted by molar-refractivity contribution is 0.235. The van der Waals surface area contributed by atoms with Crippen LogP contribution in [-0.2, 0) is 9.47 Å². The van der Waals surface area contributed by atoms with Crippen molar-refractivity contribution < 1.29 is 9.47 Å². The molecule has 0 amide bonds. The van der Waals surface area contributed by atoms with Crippen molar-refractivity contribution in [2.75, 3.05) is 7.11 Å². The molecule has 0 radical (unpaired) electrons. The molecule has 82 valence electrons. The van der Waals surface area contributed by atoms with Gasteiger partial charge in [0, 0.05) is 5.57 Å². The van der Waals surface area contributed by atoms with Crippen molar-refractivity contribution in [3.8, 4) is 6.07 Å². The molecule has 2 aliphatic rings. The Kier molecular flexibility index (Phi) is 2.33. The Hall–Kier alpha value is -2.35. The summed E-state index contributed by atoms with van der Waals surface area (Å²) in [6, 6.07) is 1.93. The van der Waals surface area contributed by atoms with Crippen molar-refractivity contribution in [2.24, 2.45) is 11.5 Å². The summed E-state index contributed by atoms with van der Waals surface area (Å²) in [7, 11) is 1.54. The molecule has 5 heteroatoms. The number of allylic oxidation sites excluding steroid dienone is 4. The van der Waals surface area contributed by atoms with Crippen molar-refractivity contribution >= 4 is 0 Å². The van der Waals surface area contributed by atoms with Crippen molar-refractivity contribution in [1.82, 2.24) is 0 Å². The van der Waals surface area contributed by atoms with Crippen LogP contribution in [0.5, 0.6) is 0 Å². The van der Waals surface area contributed by atoms with Crippen molar-refractivity contribution in [2.45, 2.75) is 6.42 Å². The van der Waals surface area contributed by atoms with Gasteiger partial charge in [-0.2, -0.15) is 5.26 Å². The Morgan fingerprint density at radius 1 is 1.50 bits per heavy atom. The molecule has 0 bridgehead atoms. The van der Waals surface area contributed by atoms with E-state index in [1.165, 1.54) is 7.11 Å². The summed E-state index contributed by atoms with van der Waals surface area (Å²) in [5, 5.41) is 8.90. The van der Waals surface area contributed by atoms with Crippen LogP contribution in [0, 0.1) is 11.3 Å². The average molecular weight is 217 g/mol. The summed E-state index contributed by atoms with van der Waals surface area (Å²) in [6.45, 7) is 0. The molecule has 1 aliphatic carbocycles. The molecule has 16 heavy (non-hydrogen) atoms. The molecule has 0 aromatic rings. The zero-order chi connectivity index (χ0) is 11.7. The fraction of sp³-hybridized carbons (Fsp3) is 0.182. The SMILES string of the molecule is COC1=C2OC(N)=C(C#N)C(N)=C2CC=C1. The van der Waals surface area contributed by atoms with Gasteiger partial charge in [0.15, 0.2) is 11.5 Å². The van der Waals surface area contributed by atoms with Crippen LogP contribution in [0.4, 0.5) is 0 Å². The van der Waals surface area contributed by atoms with Gasteiger partial charge in [-0.15, -0.1) is 0 Å². The summed E-state index contributed by atoms with van der Waals surface area (Å²) in [4.78, 5) is 0. The molecular formula is C11H11N3O2. The lowest BCUT2D eigenvalue weighted by Gasteiger charge is -2.24. The lowest BCUT2D eigenvalue weighted by atomic mass is 9.97. The molecule has 4 N–H and O–H groups in total. The van der Waals surface area contributed by atoms with Gasteiger partial charge >= 0.3 is 0 Å². The number of fused-ring (bicyclic) bond motifs is 1. The van der Waals surface area contributed by atoms with Crippen LogP contribution in [0.2, 0.25) is 0 Å². The number of hydrogen-bond acceptors (Lipinski definition) is 5. The minimum atomic E-state index is 0.0172. The molecule has 0 aromatic carbocycles. The first-order valence-electron chi connectivity index (χ1n) is 4.71. The van der Waals surface area contributed by atoms with E-state index in [1.54, 1.807) is 6.08 Å². The molecular weight excluding hydrogens is 206 g/mol. The second kappa shape index (κ2) is 3.66.